The van der Waals surface area contributed by atoms with Crippen molar-refractivity contribution in [1.29, 1.82) is 0 Å². The summed E-state index contributed by atoms with van der Waals surface area (Å²) in [4.78, 5) is 0. The number of ether oxygens (including phenoxy) is 1. The molecule has 1 N–H and O–H groups in total. The largest absolute Gasteiger partial charge is 0.497 e. The Morgan fingerprint density at radius 1 is 0.905 bits per heavy atom. The third-order valence-corrected chi connectivity index (χ3v) is 3.51. The second-order valence-electron chi connectivity index (χ2n) is 4.70. The van der Waals surface area contributed by atoms with Gasteiger partial charge < -0.3 is 9.94 Å². The fraction of sp³-hybridized carbons (Fsp3) is 0.0556. The summed E-state index contributed by atoms with van der Waals surface area (Å²) in [5, 5.41) is 15.2. The SMILES string of the molecule is COc1ccc(C(=NO)c2cccc3ccccc23)cc1. The zero-order valence-corrected chi connectivity index (χ0v) is 11.7. The number of oxime groups is 1. The topological polar surface area (TPSA) is 41.8 Å². The van der Waals surface area contributed by atoms with Gasteiger partial charge in [0.25, 0.3) is 0 Å². The van der Waals surface area contributed by atoms with Gasteiger partial charge >= 0.3 is 0 Å². The Bertz CT molecular complexity index is 786. The molecule has 3 aromatic carbocycles. The molecule has 3 aromatic rings. The molecule has 0 aliphatic carbocycles. The number of rotatable bonds is 3. The van der Waals surface area contributed by atoms with Crippen LogP contribution in [0.1, 0.15) is 11.1 Å². The molecule has 0 saturated heterocycles. The number of fused-ring (bicyclic) bond motifs is 1. The maximum absolute atomic E-state index is 9.48. The lowest BCUT2D eigenvalue weighted by atomic mass is 9.96. The molecule has 21 heavy (non-hydrogen) atoms. The van der Waals surface area contributed by atoms with E-state index in [1.807, 2.05) is 66.7 Å². The molecule has 0 spiro atoms. The number of hydrogen-bond acceptors (Lipinski definition) is 3. The molecule has 0 radical (unpaired) electrons. The molecule has 3 heteroatoms. The van der Waals surface area contributed by atoms with Crippen molar-refractivity contribution in [2.24, 2.45) is 5.16 Å². The van der Waals surface area contributed by atoms with Crippen LogP contribution in [0.4, 0.5) is 0 Å². The highest BCUT2D eigenvalue weighted by atomic mass is 16.5. The van der Waals surface area contributed by atoms with Crippen molar-refractivity contribution in [2.75, 3.05) is 7.11 Å². The van der Waals surface area contributed by atoms with E-state index in [-0.39, 0.29) is 0 Å². The molecule has 0 atom stereocenters. The van der Waals surface area contributed by atoms with Crippen molar-refractivity contribution in [3.63, 3.8) is 0 Å². The van der Waals surface area contributed by atoms with Gasteiger partial charge in [-0.25, -0.2) is 0 Å². The molecular weight excluding hydrogens is 262 g/mol. The van der Waals surface area contributed by atoms with Gasteiger partial charge in [0.1, 0.15) is 11.5 Å². The predicted molar refractivity (Wildman–Crippen MR) is 84.4 cm³/mol. The van der Waals surface area contributed by atoms with Crippen LogP contribution in [0.25, 0.3) is 10.8 Å². The zero-order valence-electron chi connectivity index (χ0n) is 11.7. The van der Waals surface area contributed by atoms with E-state index >= 15 is 0 Å². The molecule has 0 saturated carbocycles. The summed E-state index contributed by atoms with van der Waals surface area (Å²) in [7, 11) is 1.63. The standard InChI is InChI=1S/C18H15NO2/c1-21-15-11-9-14(10-12-15)18(19-20)17-8-4-6-13-5-2-3-7-16(13)17/h2-12,20H,1H3. The molecule has 0 aliphatic rings. The van der Waals surface area contributed by atoms with Crippen LogP contribution in [0.3, 0.4) is 0 Å². The van der Waals surface area contributed by atoms with E-state index in [2.05, 4.69) is 5.16 Å². The molecule has 0 fully saturated rings. The van der Waals surface area contributed by atoms with E-state index in [1.54, 1.807) is 7.11 Å². The number of hydrogen-bond donors (Lipinski definition) is 1. The van der Waals surface area contributed by atoms with Crippen molar-refractivity contribution in [3.05, 3.63) is 77.9 Å². The van der Waals surface area contributed by atoms with E-state index in [0.29, 0.717) is 5.71 Å². The van der Waals surface area contributed by atoms with Gasteiger partial charge in [0.15, 0.2) is 0 Å². The van der Waals surface area contributed by atoms with Gasteiger partial charge in [-0.3, -0.25) is 0 Å². The lowest BCUT2D eigenvalue weighted by Crippen LogP contribution is -2.04. The van der Waals surface area contributed by atoms with E-state index in [9.17, 15) is 5.21 Å². The van der Waals surface area contributed by atoms with Gasteiger partial charge in [0, 0.05) is 11.1 Å². The van der Waals surface area contributed by atoms with Crippen molar-refractivity contribution >= 4 is 16.5 Å². The lowest BCUT2D eigenvalue weighted by molar-refractivity contribution is 0.319. The molecule has 0 unspecified atom stereocenters. The van der Waals surface area contributed by atoms with E-state index < -0.39 is 0 Å². The monoisotopic (exact) mass is 277 g/mol. The van der Waals surface area contributed by atoms with Crippen molar-refractivity contribution in [3.8, 4) is 5.75 Å². The minimum absolute atomic E-state index is 0.550. The van der Waals surface area contributed by atoms with Crippen LogP contribution in [0.2, 0.25) is 0 Å². The van der Waals surface area contributed by atoms with E-state index in [1.165, 1.54) is 0 Å². The highest BCUT2D eigenvalue weighted by molar-refractivity contribution is 6.19. The van der Waals surface area contributed by atoms with Gasteiger partial charge in [-0.15, -0.1) is 0 Å². The first-order valence-corrected chi connectivity index (χ1v) is 6.68. The van der Waals surface area contributed by atoms with Crippen LogP contribution < -0.4 is 4.74 Å². The molecule has 0 aromatic heterocycles. The summed E-state index contributed by atoms with van der Waals surface area (Å²) < 4.78 is 5.16. The number of benzene rings is 3. The lowest BCUT2D eigenvalue weighted by Gasteiger charge is -2.09. The summed E-state index contributed by atoms with van der Waals surface area (Å²) in [5.41, 5.74) is 2.30. The summed E-state index contributed by atoms with van der Waals surface area (Å²) >= 11 is 0. The third kappa shape index (κ3) is 2.46. The summed E-state index contributed by atoms with van der Waals surface area (Å²) in [6.07, 6.45) is 0. The molecule has 0 bridgehead atoms. The Hall–Kier alpha value is -2.81. The molecule has 3 rings (SSSR count). The summed E-state index contributed by atoms with van der Waals surface area (Å²) in [6, 6.07) is 21.5. The molecule has 0 aliphatic heterocycles. The van der Waals surface area contributed by atoms with Gasteiger partial charge in [-0.1, -0.05) is 47.6 Å². The predicted octanol–water partition coefficient (Wildman–Crippen LogP) is 4.08. The normalized spacial score (nSPS) is 11.6. The van der Waals surface area contributed by atoms with E-state index in [4.69, 9.17) is 4.74 Å². The summed E-state index contributed by atoms with van der Waals surface area (Å²) in [6.45, 7) is 0. The zero-order chi connectivity index (χ0) is 14.7. The van der Waals surface area contributed by atoms with Crippen molar-refractivity contribution in [1.82, 2.24) is 0 Å². The Balaban J connectivity index is 2.14. The Morgan fingerprint density at radius 2 is 1.62 bits per heavy atom. The first kappa shape index (κ1) is 13.2. The number of methoxy groups -OCH3 is 1. The van der Waals surface area contributed by atoms with Gasteiger partial charge in [0.05, 0.1) is 7.11 Å². The van der Waals surface area contributed by atoms with Crippen LogP contribution in [-0.4, -0.2) is 18.0 Å². The number of nitrogens with zero attached hydrogens (tertiary/aromatic N) is 1. The smallest absolute Gasteiger partial charge is 0.118 e. The molecule has 0 heterocycles. The minimum Gasteiger partial charge on any atom is -0.497 e. The Labute approximate surface area is 123 Å². The van der Waals surface area contributed by atoms with Crippen LogP contribution in [-0.2, 0) is 0 Å². The Kier molecular flexibility index (Phi) is 3.56. The van der Waals surface area contributed by atoms with Crippen molar-refractivity contribution < 1.29 is 9.94 Å². The quantitative estimate of drug-likeness (QED) is 0.445. The van der Waals surface area contributed by atoms with Crippen molar-refractivity contribution in [2.45, 2.75) is 0 Å². The average Bonchev–Trinajstić information content (AvgIpc) is 2.56. The minimum atomic E-state index is 0.550. The second kappa shape index (κ2) is 5.67. The van der Waals surface area contributed by atoms with Gasteiger partial charge in [-0.05, 0) is 35.0 Å². The van der Waals surface area contributed by atoms with E-state index in [0.717, 1.165) is 27.6 Å². The first-order chi connectivity index (χ1) is 10.3. The van der Waals surface area contributed by atoms with Crippen LogP contribution in [0.15, 0.2) is 71.9 Å². The molecule has 104 valence electrons. The fourth-order valence-electron chi connectivity index (χ4n) is 2.45. The average molecular weight is 277 g/mol. The fourth-order valence-corrected chi connectivity index (χ4v) is 2.45. The molecule has 0 amide bonds. The molecule has 3 nitrogen and oxygen atoms in total. The van der Waals surface area contributed by atoms with Crippen LogP contribution in [0.5, 0.6) is 5.75 Å². The Morgan fingerprint density at radius 3 is 2.33 bits per heavy atom. The van der Waals surface area contributed by atoms with Gasteiger partial charge in [0.2, 0.25) is 0 Å². The van der Waals surface area contributed by atoms with Gasteiger partial charge in [-0.2, -0.15) is 0 Å². The van der Waals surface area contributed by atoms with Crippen LogP contribution in [0, 0.1) is 0 Å². The summed E-state index contributed by atoms with van der Waals surface area (Å²) in [5.74, 6) is 0.772. The maximum atomic E-state index is 9.48. The van der Waals surface area contributed by atoms with Crippen LogP contribution >= 0.6 is 0 Å². The molecular formula is C18H15NO2. The second-order valence-corrected chi connectivity index (χ2v) is 4.70. The highest BCUT2D eigenvalue weighted by Gasteiger charge is 2.11. The maximum Gasteiger partial charge on any atom is 0.118 e. The first-order valence-electron chi connectivity index (χ1n) is 6.68. The highest BCUT2D eigenvalue weighted by Crippen LogP contribution is 2.23. The third-order valence-electron chi connectivity index (χ3n) is 3.51.